The van der Waals surface area contributed by atoms with Crippen LogP contribution in [0.3, 0.4) is 0 Å². The molecule has 0 aromatic heterocycles. The van der Waals surface area contributed by atoms with Gasteiger partial charge in [0.25, 0.3) is 0 Å². The molecular formula is C9H15NO3. The van der Waals surface area contributed by atoms with Crippen LogP contribution in [-0.2, 0) is 4.79 Å². The Morgan fingerprint density at radius 3 is 2.77 bits per heavy atom. The zero-order valence-corrected chi connectivity index (χ0v) is 8.08. The minimum atomic E-state index is -0.314. The molecule has 0 saturated heterocycles. The van der Waals surface area contributed by atoms with E-state index in [1.165, 1.54) is 0 Å². The maximum absolute atomic E-state index is 11.1. The van der Waals surface area contributed by atoms with E-state index in [0.717, 1.165) is 6.42 Å². The second-order valence-electron chi connectivity index (χ2n) is 4.44. The molecule has 4 nitrogen and oxygen atoms in total. The SMILES string of the molecule is CC1(C)CCC(=O)CC1C[N+](=O)[O-]. The number of carbonyl (C=O) groups is 1. The minimum Gasteiger partial charge on any atom is -0.300 e. The lowest BCUT2D eigenvalue weighted by molar-refractivity contribution is -0.492. The Morgan fingerprint density at radius 1 is 1.62 bits per heavy atom. The average molecular weight is 185 g/mol. The van der Waals surface area contributed by atoms with Gasteiger partial charge in [-0.05, 0) is 11.8 Å². The summed E-state index contributed by atoms with van der Waals surface area (Å²) < 4.78 is 0. The Bertz CT molecular complexity index is 233. The third-order valence-corrected chi connectivity index (χ3v) is 3.00. The number of hydrogen-bond acceptors (Lipinski definition) is 3. The molecule has 13 heavy (non-hydrogen) atoms. The highest BCUT2D eigenvalue weighted by molar-refractivity contribution is 5.79. The quantitative estimate of drug-likeness (QED) is 0.485. The third-order valence-electron chi connectivity index (χ3n) is 3.00. The molecule has 1 unspecified atom stereocenters. The molecule has 1 aliphatic rings. The highest BCUT2D eigenvalue weighted by Crippen LogP contribution is 2.38. The van der Waals surface area contributed by atoms with Crippen LogP contribution in [0.2, 0.25) is 0 Å². The van der Waals surface area contributed by atoms with Gasteiger partial charge in [-0.25, -0.2) is 0 Å². The van der Waals surface area contributed by atoms with Gasteiger partial charge in [0.15, 0.2) is 0 Å². The fourth-order valence-electron chi connectivity index (χ4n) is 1.81. The van der Waals surface area contributed by atoms with Gasteiger partial charge in [-0.2, -0.15) is 0 Å². The first-order valence-electron chi connectivity index (χ1n) is 4.55. The predicted octanol–water partition coefficient (Wildman–Crippen LogP) is 1.66. The van der Waals surface area contributed by atoms with Gasteiger partial charge in [-0.1, -0.05) is 13.8 Å². The van der Waals surface area contributed by atoms with E-state index in [1.54, 1.807) is 0 Å². The van der Waals surface area contributed by atoms with Gasteiger partial charge in [-0.15, -0.1) is 0 Å². The minimum absolute atomic E-state index is 0.0546. The van der Waals surface area contributed by atoms with Crippen molar-refractivity contribution in [1.82, 2.24) is 0 Å². The summed E-state index contributed by atoms with van der Waals surface area (Å²) in [5, 5.41) is 10.4. The molecule has 1 aliphatic carbocycles. The predicted molar refractivity (Wildman–Crippen MR) is 48.0 cm³/mol. The zero-order chi connectivity index (χ0) is 10.1. The molecule has 0 amide bonds. The first-order chi connectivity index (χ1) is 5.92. The van der Waals surface area contributed by atoms with Crippen molar-refractivity contribution in [3.63, 3.8) is 0 Å². The molecular weight excluding hydrogens is 170 g/mol. The van der Waals surface area contributed by atoms with Crippen LogP contribution in [-0.4, -0.2) is 17.3 Å². The first-order valence-corrected chi connectivity index (χ1v) is 4.55. The number of hydrogen-bond donors (Lipinski definition) is 0. The summed E-state index contributed by atoms with van der Waals surface area (Å²) in [6, 6.07) is 0. The largest absolute Gasteiger partial charge is 0.300 e. The van der Waals surface area contributed by atoms with Gasteiger partial charge in [0.1, 0.15) is 5.78 Å². The summed E-state index contributed by atoms with van der Waals surface area (Å²) in [5.41, 5.74) is -0.0546. The smallest absolute Gasteiger partial charge is 0.207 e. The van der Waals surface area contributed by atoms with E-state index in [0.29, 0.717) is 12.8 Å². The van der Waals surface area contributed by atoms with Crippen molar-refractivity contribution in [1.29, 1.82) is 0 Å². The van der Waals surface area contributed by atoms with Crippen molar-refractivity contribution in [2.24, 2.45) is 11.3 Å². The molecule has 0 aromatic rings. The molecule has 0 aliphatic heterocycles. The fraction of sp³-hybridized carbons (Fsp3) is 0.889. The normalized spacial score (nSPS) is 27.2. The molecule has 0 bridgehead atoms. The molecule has 0 heterocycles. The summed E-state index contributed by atoms with van der Waals surface area (Å²) in [6.45, 7) is 3.94. The molecule has 74 valence electrons. The van der Waals surface area contributed by atoms with Crippen LogP contribution in [0.5, 0.6) is 0 Å². The van der Waals surface area contributed by atoms with Crippen molar-refractivity contribution in [2.45, 2.75) is 33.1 Å². The van der Waals surface area contributed by atoms with Crippen molar-refractivity contribution in [3.8, 4) is 0 Å². The number of ketones is 1. The molecule has 0 aromatic carbocycles. The van der Waals surface area contributed by atoms with Gasteiger partial charge in [0.05, 0.1) is 0 Å². The van der Waals surface area contributed by atoms with Crippen molar-refractivity contribution in [3.05, 3.63) is 10.1 Å². The summed E-state index contributed by atoms with van der Waals surface area (Å²) in [5.74, 6) is 0.0925. The lowest BCUT2D eigenvalue weighted by Gasteiger charge is -2.35. The summed E-state index contributed by atoms with van der Waals surface area (Å²) in [7, 11) is 0. The van der Waals surface area contributed by atoms with Gasteiger partial charge in [0, 0.05) is 23.7 Å². The summed E-state index contributed by atoms with van der Waals surface area (Å²) >= 11 is 0. The van der Waals surface area contributed by atoms with E-state index < -0.39 is 0 Å². The Kier molecular flexibility index (Phi) is 2.68. The standard InChI is InChI=1S/C9H15NO3/c1-9(2)4-3-8(11)5-7(9)6-10(12)13/h7H,3-6H2,1-2H3. The van der Waals surface area contributed by atoms with Gasteiger partial charge in [-0.3, -0.25) is 14.9 Å². The zero-order valence-electron chi connectivity index (χ0n) is 8.08. The maximum Gasteiger partial charge on any atom is 0.207 e. The second-order valence-corrected chi connectivity index (χ2v) is 4.44. The van der Waals surface area contributed by atoms with Gasteiger partial charge < -0.3 is 0 Å². The first kappa shape index (κ1) is 10.2. The maximum atomic E-state index is 11.1. The monoisotopic (exact) mass is 185 g/mol. The lowest BCUT2D eigenvalue weighted by Crippen LogP contribution is -2.36. The number of nitrogens with zero attached hydrogens (tertiary/aromatic N) is 1. The van der Waals surface area contributed by atoms with Crippen LogP contribution in [0.4, 0.5) is 0 Å². The molecule has 1 atom stereocenters. The number of nitro groups is 1. The molecule has 0 N–H and O–H groups in total. The molecule has 1 saturated carbocycles. The van der Waals surface area contributed by atoms with Crippen LogP contribution in [0.25, 0.3) is 0 Å². The fourth-order valence-corrected chi connectivity index (χ4v) is 1.81. The van der Waals surface area contributed by atoms with Crippen LogP contribution >= 0.6 is 0 Å². The van der Waals surface area contributed by atoms with E-state index in [1.807, 2.05) is 13.8 Å². The van der Waals surface area contributed by atoms with E-state index in [4.69, 9.17) is 0 Å². The second kappa shape index (κ2) is 3.44. The Hall–Kier alpha value is -0.930. The molecule has 1 rings (SSSR count). The van der Waals surface area contributed by atoms with Crippen LogP contribution in [0, 0.1) is 21.4 Å². The van der Waals surface area contributed by atoms with Gasteiger partial charge in [0.2, 0.25) is 6.54 Å². The van der Waals surface area contributed by atoms with E-state index in [2.05, 4.69) is 0 Å². The van der Waals surface area contributed by atoms with Crippen LogP contribution in [0.15, 0.2) is 0 Å². The molecule has 1 fully saturated rings. The summed E-state index contributed by atoms with van der Waals surface area (Å²) in [4.78, 5) is 21.2. The topological polar surface area (TPSA) is 60.2 Å². The number of carbonyl (C=O) groups excluding carboxylic acids is 1. The molecule has 0 radical (unpaired) electrons. The van der Waals surface area contributed by atoms with Crippen molar-refractivity contribution < 1.29 is 9.72 Å². The van der Waals surface area contributed by atoms with E-state index in [-0.39, 0.29) is 28.6 Å². The Morgan fingerprint density at radius 2 is 2.23 bits per heavy atom. The number of Topliss-reactive ketones (excluding diaryl/α,β-unsaturated/α-hetero) is 1. The molecule has 0 spiro atoms. The van der Waals surface area contributed by atoms with Crippen LogP contribution < -0.4 is 0 Å². The highest BCUT2D eigenvalue weighted by atomic mass is 16.6. The lowest BCUT2D eigenvalue weighted by atomic mass is 9.68. The van der Waals surface area contributed by atoms with Crippen LogP contribution in [0.1, 0.15) is 33.1 Å². The van der Waals surface area contributed by atoms with Crippen molar-refractivity contribution in [2.75, 3.05) is 6.54 Å². The Labute approximate surface area is 77.5 Å². The van der Waals surface area contributed by atoms with E-state index >= 15 is 0 Å². The van der Waals surface area contributed by atoms with Gasteiger partial charge >= 0.3 is 0 Å². The summed E-state index contributed by atoms with van der Waals surface area (Å²) in [6.07, 6.45) is 1.75. The van der Waals surface area contributed by atoms with E-state index in [9.17, 15) is 14.9 Å². The van der Waals surface area contributed by atoms with Crippen molar-refractivity contribution >= 4 is 5.78 Å². The Balaban J connectivity index is 2.66. The highest BCUT2D eigenvalue weighted by Gasteiger charge is 2.38. The molecule has 4 heteroatoms. The average Bonchev–Trinajstić information content (AvgIpc) is 1.97. The number of rotatable bonds is 2. The third kappa shape index (κ3) is 2.50.